The van der Waals surface area contributed by atoms with Gasteiger partial charge in [0, 0.05) is 12.1 Å². The average molecular weight is 304 g/mol. The lowest BCUT2D eigenvalue weighted by Gasteiger charge is -2.11. The molecule has 0 atom stereocenters. The third-order valence-electron chi connectivity index (χ3n) is 3.37. The summed E-state index contributed by atoms with van der Waals surface area (Å²) in [6.45, 7) is 1.39. The molecule has 0 saturated heterocycles. The number of nitrogens with one attached hydrogen (secondary N) is 1. The Kier molecular flexibility index (Phi) is 3.62. The summed E-state index contributed by atoms with van der Waals surface area (Å²) in [6, 6.07) is 9.48. The molecule has 1 aromatic heterocycles. The Morgan fingerprint density at radius 2 is 2.05 bits per heavy atom. The standard InChI is InChI=1S/C14H14ClN5O/c15-13-18-11-8-20(14(16)21)7-10(11)12(19-13)17-6-9-4-2-1-3-5-9/h1-5H,6-8H2,(H2,16,21)(H,17,18,19). The van der Waals surface area contributed by atoms with Gasteiger partial charge in [0.25, 0.3) is 0 Å². The fourth-order valence-corrected chi connectivity index (χ4v) is 2.49. The molecule has 0 aliphatic carbocycles. The quantitative estimate of drug-likeness (QED) is 0.851. The van der Waals surface area contributed by atoms with Gasteiger partial charge in [-0.25, -0.2) is 14.8 Å². The Morgan fingerprint density at radius 3 is 2.76 bits per heavy atom. The van der Waals surface area contributed by atoms with Gasteiger partial charge in [-0.2, -0.15) is 0 Å². The molecule has 1 aromatic carbocycles. The number of fused-ring (bicyclic) bond motifs is 1. The highest BCUT2D eigenvalue weighted by Gasteiger charge is 2.26. The molecule has 0 saturated carbocycles. The van der Waals surface area contributed by atoms with Crippen LogP contribution in [-0.4, -0.2) is 20.9 Å². The predicted octanol–water partition coefficient (Wildman–Crippen LogP) is 2.14. The Balaban J connectivity index is 1.82. The summed E-state index contributed by atoms with van der Waals surface area (Å²) in [5.74, 6) is 0.651. The summed E-state index contributed by atoms with van der Waals surface area (Å²) in [5, 5.41) is 3.41. The van der Waals surface area contributed by atoms with Crippen LogP contribution >= 0.6 is 11.6 Å². The van der Waals surface area contributed by atoms with Crippen LogP contribution in [-0.2, 0) is 19.6 Å². The second kappa shape index (κ2) is 5.57. The highest BCUT2D eigenvalue weighted by atomic mass is 35.5. The van der Waals surface area contributed by atoms with Crippen LogP contribution < -0.4 is 11.1 Å². The van der Waals surface area contributed by atoms with E-state index in [-0.39, 0.29) is 5.28 Å². The molecule has 21 heavy (non-hydrogen) atoms. The van der Waals surface area contributed by atoms with Crippen molar-refractivity contribution in [1.82, 2.24) is 14.9 Å². The number of carbonyl (C=O) groups excluding carboxylic acids is 1. The minimum atomic E-state index is -0.474. The number of hydrogen-bond acceptors (Lipinski definition) is 4. The van der Waals surface area contributed by atoms with E-state index in [9.17, 15) is 4.79 Å². The van der Waals surface area contributed by atoms with E-state index in [0.29, 0.717) is 25.5 Å². The SMILES string of the molecule is NC(=O)N1Cc2nc(Cl)nc(NCc3ccccc3)c2C1. The zero-order valence-corrected chi connectivity index (χ0v) is 12.0. The zero-order valence-electron chi connectivity index (χ0n) is 11.2. The number of halogens is 1. The number of carbonyl (C=O) groups is 1. The van der Waals surface area contributed by atoms with Crippen molar-refractivity contribution in [2.45, 2.75) is 19.6 Å². The van der Waals surface area contributed by atoms with Crippen LogP contribution in [0, 0.1) is 0 Å². The van der Waals surface area contributed by atoms with Gasteiger partial charge in [-0.1, -0.05) is 30.3 Å². The molecule has 2 heterocycles. The number of hydrogen-bond donors (Lipinski definition) is 2. The summed E-state index contributed by atoms with van der Waals surface area (Å²) in [7, 11) is 0. The number of anilines is 1. The maximum atomic E-state index is 11.3. The molecular formula is C14H14ClN5O. The van der Waals surface area contributed by atoms with Gasteiger partial charge in [-0.05, 0) is 17.2 Å². The van der Waals surface area contributed by atoms with Gasteiger partial charge in [-0.15, -0.1) is 0 Å². The monoisotopic (exact) mass is 303 g/mol. The lowest BCUT2D eigenvalue weighted by Crippen LogP contribution is -2.30. The van der Waals surface area contributed by atoms with Crippen LogP contribution in [0.15, 0.2) is 30.3 Å². The van der Waals surface area contributed by atoms with Crippen molar-refractivity contribution in [2.75, 3.05) is 5.32 Å². The first-order chi connectivity index (χ1) is 10.1. The lowest BCUT2D eigenvalue weighted by atomic mass is 10.2. The number of amides is 2. The predicted molar refractivity (Wildman–Crippen MR) is 79.6 cm³/mol. The van der Waals surface area contributed by atoms with Crippen LogP contribution in [0.25, 0.3) is 0 Å². The summed E-state index contributed by atoms with van der Waals surface area (Å²) in [5.41, 5.74) is 8.06. The van der Waals surface area contributed by atoms with E-state index in [1.54, 1.807) is 0 Å². The maximum absolute atomic E-state index is 11.3. The summed E-state index contributed by atoms with van der Waals surface area (Å²) >= 11 is 5.94. The van der Waals surface area contributed by atoms with E-state index in [1.165, 1.54) is 4.90 Å². The molecule has 2 amide bonds. The summed E-state index contributed by atoms with van der Waals surface area (Å²) in [4.78, 5) is 21.2. The molecule has 3 rings (SSSR count). The Hall–Kier alpha value is -2.34. The third-order valence-corrected chi connectivity index (χ3v) is 3.54. The van der Waals surface area contributed by atoms with Crippen molar-refractivity contribution in [3.05, 3.63) is 52.4 Å². The van der Waals surface area contributed by atoms with E-state index in [0.717, 1.165) is 16.8 Å². The van der Waals surface area contributed by atoms with Gasteiger partial charge in [0.05, 0.1) is 18.8 Å². The minimum absolute atomic E-state index is 0.163. The summed E-state index contributed by atoms with van der Waals surface area (Å²) in [6.07, 6.45) is 0. The van der Waals surface area contributed by atoms with Crippen molar-refractivity contribution in [1.29, 1.82) is 0 Å². The third kappa shape index (κ3) is 2.90. The number of nitrogens with zero attached hydrogens (tertiary/aromatic N) is 3. The molecule has 2 aromatic rings. The van der Waals surface area contributed by atoms with E-state index >= 15 is 0 Å². The number of primary amides is 1. The molecule has 0 spiro atoms. The van der Waals surface area contributed by atoms with Gasteiger partial charge in [-0.3, -0.25) is 0 Å². The van der Waals surface area contributed by atoms with Crippen molar-refractivity contribution in [3.63, 3.8) is 0 Å². The van der Waals surface area contributed by atoms with Crippen LogP contribution in [0.1, 0.15) is 16.8 Å². The van der Waals surface area contributed by atoms with Crippen molar-refractivity contribution < 1.29 is 4.79 Å². The maximum Gasteiger partial charge on any atom is 0.315 e. The summed E-state index contributed by atoms with van der Waals surface area (Å²) < 4.78 is 0. The molecule has 1 aliphatic heterocycles. The highest BCUT2D eigenvalue weighted by molar-refractivity contribution is 6.28. The number of rotatable bonds is 3. The molecule has 7 heteroatoms. The zero-order chi connectivity index (χ0) is 14.8. The number of urea groups is 1. The molecule has 3 N–H and O–H groups in total. The van der Waals surface area contributed by atoms with Crippen molar-refractivity contribution >= 4 is 23.4 Å². The van der Waals surface area contributed by atoms with Crippen LogP contribution in [0.2, 0.25) is 5.28 Å². The molecule has 1 aliphatic rings. The van der Waals surface area contributed by atoms with Crippen molar-refractivity contribution in [3.8, 4) is 0 Å². The van der Waals surface area contributed by atoms with Gasteiger partial charge >= 0.3 is 6.03 Å². The normalized spacial score (nSPS) is 13.1. The minimum Gasteiger partial charge on any atom is -0.366 e. The Labute approximate surface area is 126 Å². The first-order valence-electron chi connectivity index (χ1n) is 6.51. The topological polar surface area (TPSA) is 84.1 Å². The molecule has 6 nitrogen and oxygen atoms in total. The van der Waals surface area contributed by atoms with E-state index in [2.05, 4.69) is 15.3 Å². The molecule has 0 radical (unpaired) electrons. The smallest absolute Gasteiger partial charge is 0.315 e. The van der Waals surface area contributed by atoms with Gasteiger partial charge in [0.2, 0.25) is 5.28 Å². The molecule has 108 valence electrons. The van der Waals surface area contributed by atoms with Gasteiger partial charge in [0.1, 0.15) is 5.82 Å². The van der Waals surface area contributed by atoms with Crippen LogP contribution in [0.4, 0.5) is 10.6 Å². The number of nitrogens with two attached hydrogens (primary N) is 1. The molecule has 0 unspecified atom stereocenters. The van der Waals surface area contributed by atoms with Gasteiger partial charge in [0.15, 0.2) is 0 Å². The fraction of sp³-hybridized carbons (Fsp3) is 0.214. The second-order valence-corrected chi connectivity index (χ2v) is 5.14. The van der Waals surface area contributed by atoms with E-state index < -0.39 is 6.03 Å². The van der Waals surface area contributed by atoms with E-state index in [4.69, 9.17) is 17.3 Å². The first kappa shape index (κ1) is 13.6. The van der Waals surface area contributed by atoms with Crippen LogP contribution in [0.3, 0.4) is 0 Å². The lowest BCUT2D eigenvalue weighted by molar-refractivity contribution is 0.208. The average Bonchev–Trinajstić information content (AvgIpc) is 2.90. The number of benzene rings is 1. The Morgan fingerprint density at radius 1 is 1.29 bits per heavy atom. The highest BCUT2D eigenvalue weighted by Crippen LogP contribution is 2.28. The number of aromatic nitrogens is 2. The first-order valence-corrected chi connectivity index (χ1v) is 6.89. The molecule has 0 bridgehead atoms. The largest absolute Gasteiger partial charge is 0.366 e. The molecule has 0 fully saturated rings. The van der Waals surface area contributed by atoms with Crippen molar-refractivity contribution in [2.24, 2.45) is 5.73 Å². The van der Waals surface area contributed by atoms with Gasteiger partial charge < -0.3 is 16.0 Å². The Bertz CT molecular complexity index is 677. The molecular weight excluding hydrogens is 290 g/mol. The van der Waals surface area contributed by atoms with Crippen LogP contribution in [0.5, 0.6) is 0 Å². The second-order valence-electron chi connectivity index (χ2n) is 4.80. The van der Waals surface area contributed by atoms with E-state index in [1.807, 2.05) is 30.3 Å². The fourth-order valence-electron chi connectivity index (χ4n) is 2.31.